The van der Waals surface area contributed by atoms with Gasteiger partial charge in [-0.05, 0) is 25.1 Å². The number of alkyl halides is 6. The molecule has 9 heteroatoms. The lowest BCUT2D eigenvalue weighted by atomic mass is 10.0. The van der Waals surface area contributed by atoms with Crippen LogP contribution >= 0.6 is 0 Å². The maximum absolute atomic E-state index is 12.6. The van der Waals surface area contributed by atoms with Gasteiger partial charge < -0.3 is 5.32 Å². The van der Waals surface area contributed by atoms with Crippen LogP contribution in [0, 0.1) is 11.3 Å². The summed E-state index contributed by atoms with van der Waals surface area (Å²) in [7, 11) is 0. The van der Waals surface area contributed by atoms with Crippen LogP contribution in [-0.4, -0.2) is 11.9 Å². The van der Waals surface area contributed by atoms with Gasteiger partial charge in [0, 0.05) is 11.6 Å². The van der Waals surface area contributed by atoms with E-state index in [0.29, 0.717) is 12.1 Å². The Labute approximate surface area is 121 Å². The molecule has 22 heavy (non-hydrogen) atoms. The van der Waals surface area contributed by atoms with Crippen molar-refractivity contribution < 1.29 is 31.1 Å². The summed E-state index contributed by atoms with van der Waals surface area (Å²) in [5.41, 5.74) is -3.91. The normalized spacial score (nSPS) is 13.4. The van der Waals surface area contributed by atoms with Gasteiger partial charge in [-0.2, -0.15) is 31.6 Å². The molecule has 0 radical (unpaired) electrons. The largest absolute Gasteiger partial charge is 0.416 e. The van der Waals surface area contributed by atoms with Crippen molar-refractivity contribution in [1.82, 2.24) is 5.32 Å². The van der Waals surface area contributed by atoms with Gasteiger partial charge in [-0.3, -0.25) is 4.79 Å². The Morgan fingerprint density at radius 1 is 1.14 bits per heavy atom. The molecule has 0 heterocycles. The molecule has 0 unspecified atom stereocenters. The zero-order chi connectivity index (χ0) is 17.1. The first-order valence-corrected chi connectivity index (χ1v) is 5.92. The quantitative estimate of drug-likeness (QED) is 0.861. The Kier molecular flexibility index (Phi) is 5.06. The molecule has 1 rings (SSSR count). The number of rotatable bonds is 3. The van der Waals surface area contributed by atoms with Crippen LogP contribution in [0.25, 0.3) is 0 Å². The summed E-state index contributed by atoms with van der Waals surface area (Å²) in [4.78, 5) is 11.7. The van der Waals surface area contributed by atoms with E-state index >= 15 is 0 Å². The van der Waals surface area contributed by atoms with Crippen LogP contribution in [0.1, 0.15) is 34.8 Å². The first-order chi connectivity index (χ1) is 9.95. The van der Waals surface area contributed by atoms with Gasteiger partial charge in [-0.25, -0.2) is 0 Å². The van der Waals surface area contributed by atoms with E-state index in [0.717, 1.165) is 0 Å². The van der Waals surface area contributed by atoms with Gasteiger partial charge in [0.05, 0.1) is 23.6 Å². The van der Waals surface area contributed by atoms with E-state index in [1.807, 2.05) is 0 Å². The fourth-order valence-electron chi connectivity index (χ4n) is 1.58. The van der Waals surface area contributed by atoms with E-state index < -0.39 is 41.0 Å². The number of amides is 1. The van der Waals surface area contributed by atoms with Crippen LogP contribution in [0.4, 0.5) is 26.3 Å². The average molecular weight is 324 g/mol. The fourth-order valence-corrected chi connectivity index (χ4v) is 1.58. The van der Waals surface area contributed by atoms with Gasteiger partial charge in [-0.1, -0.05) is 0 Å². The highest BCUT2D eigenvalue weighted by molar-refractivity contribution is 5.94. The molecule has 0 spiro atoms. The molecule has 0 saturated heterocycles. The summed E-state index contributed by atoms with van der Waals surface area (Å²) in [6, 6.07) is 1.63. The number of hydrogen-bond acceptors (Lipinski definition) is 2. The van der Waals surface area contributed by atoms with E-state index in [1.54, 1.807) is 6.07 Å². The Hall–Kier alpha value is -2.24. The van der Waals surface area contributed by atoms with Crippen molar-refractivity contribution in [2.24, 2.45) is 0 Å². The van der Waals surface area contributed by atoms with Gasteiger partial charge in [0.15, 0.2) is 0 Å². The van der Waals surface area contributed by atoms with E-state index in [-0.39, 0.29) is 12.5 Å². The first-order valence-electron chi connectivity index (χ1n) is 5.92. The highest BCUT2D eigenvalue weighted by Crippen LogP contribution is 2.36. The molecule has 0 aliphatic carbocycles. The van der Waals surface area contributed by atoms with Crippen LogP contribution < -0.4 is 5.32 Å². The minimum atomic E-state index is -5.02. The summed E-state index contributed by atoms with van der Waals surface area (Å²) in [6.07, 6.45) is -10.2. The number of nitrogens with one attached hydrogen (secondary N) is 1. The molecular formula is C13H10F6N2O. The molecule has 3 nitrogen and oxygen atoms in total. The lowest BCUT2D eigenvalue weighted by Crippen LogP contribution is -2.32. The van der Waals surface area contributed by atoms with Crippen molar-refractivity contribution in [3.63, 3.8) is 0 Å². The standard InChI is InChI=1S/C13H10F6N2O/c1-7(2-3-20)21-11(22)8-4-9(12(14,15)16)6-10(5-8)13(17,18)19/h4-7H,2H2,1H3,(H,21,22)/t7-/m1/s1. The second kappa shape index (κ2) is 6.25. The summed E-state index contributed by atoms with van der Waals surface area (Å²) in [5, 5.41) is 10.6. The third kappa shape index (κ3) is 4.65. The Balaban J connectivity index is 3.24. The third-order valence-electron chi connectivity index (χ3n) is 2.62. The van der Waals surface area contributed by atoms with Gasteiger partial charge in [0.2, 0.25) is 0 Å². The lowest BCUT2D eigenvalue weighted by Gasteiger charge is -2.15. The van der Waals surface area contributed by atoms with Crippen molar-refractivity contribution in [3.05, 3.63) is 34.9 Å². The molecule has 0 aliphatic rings. The predicted molar refractivity (Wildman–Crippen MR) is 63.6 cm³/mol. The van der Waals surface area contributed by atoms with Crippen molar-refractivity contribution in [1.29, 1.82) is 5.26 Å². The number of hydrogen-bond donors (Lipinski definition) is 1. The molecule has 1 N–H and O–H groups in total. The molecule has 120 valence electrons. The summed E-state index contributed by atoms with van der Waals surface area (Å²) >= 11 is 0. The monoisotopic (exact) mass is 324 g/mol. The molecule has 1 amide bonds. The Morgan fingerprint density at radius 2 is 1.59 bits per heavy atom. The zero-order valence-corrected chi connectivity index (χ0v) is 11.1. The number of carbonyl (C=O) groups is 1. The SMILES string of the molecule is C[C@H](CC#N)NC(=O)c1cc(C(F)(F)F)cc(C(F)(F)F)c1. The van der Waals surface area contributed by atoms with E-state index in [2.05, 4.69) is 5.32 Å². The van der Waals surface area contributed by atoms with Crippen molar-refractivity contribution in [2.75, 3.05) is 0 Å². The Bertz CT molecular complexity index is 568. The minimum Gasteiger partial charge on any atom is -0.349 e. The topological polar surface area (TPSA) is 52.9 Å². The molecular weight excluding hydrogens is 314 g/mol. The Morgan fingerprint density at radius 3 is 1.95 bits per heavy atom. The van der Waals surface area contributed by atoms with Gasteiger partial charge in [0.25, 0.3) is 5.91 Å². The van der Waals surface area contributed by atoms with Crippen LogP contribution in [0.3, 0.4) is 0 Å². The number of nitrogens with zero attached hydrogens (tertiary/aromatic N) is 1. The maximum Gasteiger partial charge on any atom is 0.416 e. The summed E-state index contributed by atoms with van der Waals surface area (Å²) < 4.78 is 75.8. The number of nitriles is 1. The van der Waals surface area contributed by atoms with Gasteiger partial charge in [0.1, 0.15) is 0 Å². The lowest BCUT2D eigenvalue weighted by molar-refractivity contribution is -0.143. The van der Waals surface area contributed by atoms with Gasteiger partial charge in [-0.15, -0.1) is 0 Å². The van der Waals surface area contributed by atoms with Crippen molar-refractivity contribution in [3.8, 4) is 6.07 Å². The smallest absolute Gasteiger partial charge is 0.349 e. The number of benzene rings is 1. The molecule has 0 aliphatic heterocycles. The zero-order valence-electron chi connectivity index (χ0n) is 11.1. The fraction of sp³-hybridized carbons (Fsp3) is 0.385. The summed E-state index contributed by atoms with van der Waals surface area (Å²) in [6.45, 7) is 1.40. The molecule has 1 atom stereocenters. The second-order valence-electron chi connectivity index (χ2n) is 4.53. The van der Waals surface area contributed by atoms with Crippen molar-refractivity contribution >= 4 is 5.91 Å². The van der Waals surface area contributed by atoms with Gasteiger partial charge >= 0.3 is 12.4 Å². The van der Waals surface area contributed by atoms with E-state index in [9.17, 15) is 31.1 Å². The highest BCUT2D eigenvalue weighted by Gasteiger charge is 2.37. The van der Waals surface area contributed by atoms with E-state index in [1.165, 1.54) is 6.92 Å². The number of halogens is 6. The molecule has 1 aromatic rings. The third-order valence-corrected chi connectivity index (χ3v) is 2.62. The molecule has 0 aromatic heterocycles. The molecule has 0 saturated carbocycles. The van der Waals surface area contributed by atoms with Crippen molar-refractivity contribution in [2.45, 2.75) is 31.7 Å². The van der Waals surface area contributed by atoms with Crippen LogP contribution in [-0.2, 0) is 12.4 Å². The van der Waals surface area contributed by atoms with Crippen LogP contribution in [0.15, 0.2) is 18.2 Å². The summed E-state index contributed by atoms with van der Waals surface area (Å²) in [5.74, 6) is -1.11. The average Bonchev–Trinajstić information content (AvgIpc) is 2.36. The molecule has 0 fully saturated rings. The van der Waals surface area contributed by atoms with Crippen LogP contribution in [0.5, 0.6) is 0 Å². The molecule has 1 aromatic carbocycles. The predicted octanol–water partition coefficient (Wildman–Crippen LogP) is 3.76. The maximum atomic E-state index is 12.6. The van der Waals surface area contributed by atoms with E-state index in [4.69, 9.17) is 5.26 Å². The van der Waals surface area contributed by atoms with Crippen LogP contribution in [0.2, 0.25) is 0 Å². The minimum absolute atomic E-state index is 0.0600. The first kappa shape index (κ1) is 17.8. The number of carbonyl (C=O) groups excluding carboxylic acids is 1. The highest BCUT2D eigenvalue weighted by atomic mass is 19.4. The second-order valence-corrected chi connectivity index (χ2v) is 4.53. The molecule has 0 bridgehead atoms.